The van der Waals surface area contributed by atoms with Gasteiger partial charge in [-0.05, 0) is 42.7 Å². The van der Waals surface area contributed by atoms with E-state index in [2.05, 4.69) is 0 Å². The first kappa shape index (κ1) is 16.9. The minimum atomic E-state index is -3.99. The predicted molar refractivity (Wildman–Crippen MR) is 85.2 cm³/mol. The molecule has 1 aliphatic rings. The van der Waals surface area contributed by atoms with Crippen molar-refractivity contribution in [3.05, 3.63) is 59.7 Å². The highest BCUT2D eigenvalue weighted by Crippen LogP contribution is 2.37. The van der Waals surface area contributed by atoms with E-state index in [1.165, 1.54) is 11.4 Å². The van der Waals surface area contributed by atoms with E-state index in [-0.39, 0.29) is 10.9 Å². The molecule has 1 aliphatic heterocycles. The number of sulfonamides is 1. The molecule has 7 heteroatoms. The van der Waals surface area contributed by atoms with Crippen LogP contribution in [0.1, 0.15) is 24.4 Å². The second-order valence-corrected chi connectivity index (χ2v) is 7.55. The Labute approximate surface area is 139 Å². The molecule has 0 amide bonds. The Kier molecular flexibility index (Phi) is 4.56. The number of hydrogen-bond donors (Lipinski definition) is 0. The number of halogens is 2. The van der Waals surface area contributed by atoms with Gasteiger partial charge in [0, 0.05) is 12.6 Å². The van der Waals surface area contributed by atoms with Crippen LogP contribution in [0.4, 0.5) is 8.78 Å². The predicted octanol–water partition coefficient (Wildman–Crippen LogP) is 3.50. The van der Waals surface area contributed by atoms with Gasteiger partial charge in [0.25, 0.3) is 0 Å². The van der Waals surface area contributed by atoms with E-state index >= 15 is 0 Å². The van der Waals surface area contributed by atoms with Crippen LogP contribution in [0.5, 0.6) is 5.75 Å². The van der Waals surface area contributed by atoms with Crippen LogP contribution in [0, 0.1) is 11.6 Å². The van der Waals surface area contributed by atoms with Crippen molar-refractivity contribution in [3.8, 4) is 5.75 Å². The van der Waals surface area contributed by atoms with Crippen molar-refractivity contribution in [2.24, 2.45) is 0 Å². The smallest absolute Gasteiger partial charge is 0.243 e. The fourth-order valence-electron chi connectivity index (χ4n) is 3.02. The molecule has 4 nitrogen and oxygen atoms in total. The number of benzene rings is 2. The lowest BCUT2D eigenvalue weighted by atomic mass is 10.1. The van der Waals surface area contributed by atoms with Crippen molar-refractivity contribution in [2.45, 2.75) is 23.8 Å². The average molecular weight is 353 g/mol. The highest BCUT2D eigenvalue weighted by Gasteiger charge is 2.36. The highest BCUT2D eigenvalue weighted by molar-refractivity contribution is 7.89. The van der Waals surface area contributed by atoms with Gasteiger partial charge in [-0.1, -0.05) is 12.1 Å². The van der Waals surface area contributed by atoms with E-state index < -0.39 is 21.7 Å². The zero-order valence-corrected chi connectivity index (χ0v) is 13.9. The van der Waals surface area contributed by atoms with Crippen molar-refractivity contribution in [2.75, 3.05) is 13.7 Å². The van der Waals surface area contributed by atoms with Crippen molar-refractivity contribution >= 4 is 10.0 Å². The van der Waals surface area contributed by atoms with E-state index in [0.717, 1.165) is 17.7 Å². The summed E-state index contributed by atoms with van der Waals surface area (Å²) in [6, 6.07) is 9.15. The van der Waals surface area contributed by atoms with Crippen LogP contribution in [-0.4, -0.2) is 26.4 Å². The minimum Gasteiger partial charge on any atom is -0.497 e. The second kappa shape index (κ2) is 6.49. The molecule has 0 radical (unpaired) electrons. The van der Waals surface area contributed by atoms with Crippen LogP contribution in [0.15, 0.2) is 47.4 Å². The lowest BCUT2D eigenvalue weighted by Crippen LogP contribution is -2.30. The molecule has 1 fully saturated rings. The SMILES string of the molecule is COc1cccc([C@@H]2CCCN2S(=O)(=O)c2cc(F)cc(F)c2)c1. The molecule has 0 aromatic heterocycles. The summed E-state index contributed by atoms with van der Waals surface area (Å²) in [5.74, 6) is -1.19. The molecule has 2 aromatic rings. The molecule has 24 heavy (non-hydrogen) atoms. The Morgan fingerprint density at radius 3 is 2.50 bits per heavy atom. The van der Waals surface area contributed by atoms with Crippen LogP contribution in [0.25, 0.3) is 0 Å². The normalized spacial score (nSPS) is 18.7. The monoisotopic (exact) mass is 353 g/mol. The summed E-state index contributed by atoms with van der Waals surface area (Å²) >= 11 is 0. The molecular weight excluding hydrogens is 336 g/mol. The van der Waals surface area contributed by atoms with Crippen LogP contribution < -0.4 is 4.74 Å². The minimum absolute atomic E-state index is 0.308. The fourth-order valence-corrected chi connectivity index (χ4v) is 4.75. The second-order valence-electron chi connectivity index (χ2n) is 5.66. The van der Waals surface area contributed by atoms with Gasteiger partial charge < -0.3 is 4.74 Å². The summed E-state index contributed by atoms with van der Waals surface area (Å²) in [6.07, 6.45) is 1.32. The maximum Gasteiger partial charge on any atom is 0.243 e. The van der Waals surface area contributed by atoms with Gasteiger partial charge in [-0.25, -0.2) is 17.2 Å². The van der Waals surface area contributed by atoms with Gasteiger partial charge in [-0.3, -0.25) is 0 Å². The lowest BCUT2D eigenvalue weighted by Gasteiger charge is -2.24. The van der Waals surface area contributed by atoms with Crippen LogP contribution in [0.2, 0.25) is 0 Å². The zero-order valence-electron chi connectivity index (χ0n) is 13.1. The Hall–Kier alpha value is -1.99. The van der Waals surface area contributed by atoms with E-state index in [1.807, 2.05) is 6.07 Å². The molecule has 3 rings (SSSR count). The molecule has 0 saturated carbocycles. The first-order valence-corrected chi connectivity index (χ1v) is 8.98. The number of nitrogens with zero attached hydrogens (tertiary/aromatic N) is 1. The molecule has 0 bridgehead atoms. The number of rotatable bonds is 4. The third-order valence-corrected chi connectivity index (χ3v) is 6.01. The maximum absolute atomic E-state index is 13.4. The molecule has 0 aliphatic carbocycles. The first-order valence-electron chi connectivity index (χ1n) is 7.54. The Bertz CT molecular complexity index is 834. The Morgan fingerprint density at radius 2 is 1.83 bits per heavy atom. The summed E-state index contributed by atoms with van der Waals surface area (Å²) in [4.78, 5) is -0.366. The summed E-state index contributed by atoms with van der Waals surface area (Å²) in [5, 5.41) is 0. The summed E-state index contributed by atoms with van der Waals surface area (Å²) in [6.45, 7) is 0.308. The standard InChI is InChI=1S/C17H17F2NO3S/c1-23-15-5-2-4-12(8-15)17-6-3-7-20(17)24(21,22)16-10-13(18)9-14(19)11-16/h2,4-5,8-11,17H,3,6-7H2,1H3/t17-/m0/s1. The van der Waals surface area contributed by atoms with E-state index in [9.17, 15) is 17.2 Å². The Morgan fingerprint density at radius 1 is 1.12 bits per heavy atom. The number of ether oxygens (including phenoxy) is 1. The van der Waals surface area contributed by atoms with Gasteiger partial charge in [0.05, 0.1) is 18.0 Å². The Balaban J connectivity index is 2.00. The molecule has 2 aromatic carbocycles. The maximum atomic E-state index is 13.4. The number of methoxy groups -OCH3 is 1. The zero-order chi connectivity index (χ0) is 17.3. The first-order chi connectivity index (χ1) is 11.4. The molecule has 128 valence electrons. The summed E-state index contributed by atoms with van der Waals surface area (Å²) < 4.78 is 59.0. The van der Waals surface area contributed by atoms with E-state index in [0.29, 0.717) is 31.2 Å². The highest BCUT2D eigenvalue weighted by atomic mass is 32.2. The lowest BCUT2D eigenvalue weighted by molar-refractivity contribution is 0.389. The quantitative estimate of drug-likeness (QED) is 0.845. The molecule has 1 atom stereocenters. The van der Waals surface area contributed by atoms with Gasteiger partial charge in [-0.2, -0.15) is 4.31 Å². The molecule has 1 saturated heterocycles. The van der Waals surface area contributed by atoms with Gasteiger partial charge in [0.15, 0.2) is 0 Å². The molecule has 0 N–H and O–H groups in total. The van der Waals surface area contributed by atoms with Crippen LogP contribution in [-0.2, 0) is 10.0 Å². The third kappa shape index (κ3) is 3.14. The largest absolute Gasteiger partial charge is 0.497 e. The molecule has 0 spiro atoms. The fraction of sp³-hybridized carbons (Fsp3) is 0.294. The molecule has 1 heterocycles. The van der Waals surface area contributed by atoms with Crippen LogP contribution >= 0.6 is 0 Å². The van der Waals surface area contributed by atoms with Gasteiger partial charge in [-0.15, -0.1) is 0 Å². The van der Waals surface area contributed by atoms with Crippen molar-refractivity contribution in [3.63, 3.8) is 0 Å². The average Bonchev–Trinajstić information content (AvgIpc) is 3.04. The molecular formula is C17H17F2NO3S. The number of hydrogen-bond acceptors (Lipinski definition) is 3. The third-order valence-electron chi connectivity index (χ3n) is 4.12. The molecule has 0 unspecified atom stereocenters. The van der Waals surface area contributed by atoms with Gasteiger partial charge >= 0.3 is 0 Å². The topological polar surface area (TPSA) is 46.6 Å². The van der Waals surface area contributed by atoms with E-state index in [4.69, 9.17) is 4.74 Å². The van der Waals surface area contributed by atoms with Crippen molar-refractivity contribution in [1.82, 2.24) is 4.31 Å². The summed E-state index contributed by atoms with van der Waals surface area (Å²) in [7, 11) is -2.45. The van der Waals surface area contributed by atoms with Crippen molar-refractivity contribution < 1.29 is 21.9 Å². The summed E-state index contributed by atoms with van der Waals surface area (Å²) in [5.41, 5.74) is 0.798. The van der Waals surface area contributed by atoms with E-state index in [1.54, 1.807) is 18.2 Å². The van der Waals surface area contributed by atoms with Crippen LogP contribution in [0.3, 0.4) is 0 Å². The van der Waals surface area contributed by atoms with Gasteiger partial charge in [0.1, 0.15) is 17.4 Å². The van der Waals surface area contributed by atoms with Crippen molar-refractivity contribution in [1.29, 1.82) is 0 Å². The van der Waals surface area contributed by atoms with Gasteiger partial charge in [0.2, 0.25) is 10.0 Å².